The van der Waals surface area contributed by atoms with E-state index in [0.717, 1.165) is 35.5 Å². The van der Waals surface area contributed by atoms with Crippen LogP contribution >= 0.6 is 0 Å². The summed E-state index contributed by atoms with van der Waals surface area (Å²) >= 11 is 0. The number of H-pyrrole nitrogens is 1. The number of hydrogen-bond donors (Lipinski definition) is 2. The van der Waals surface area contributed by atoms with Crippen LogP contribution in [0.2, 0.25) is 0 Å². The SMILES string of the molecule is Cc1cccc(OCc2nc3c(c(=O)[nH]2)CNCC3)c1C. The molecular weight excluding hydrogens is 266 g/mol. The molecule has 110 valence electrons. The largest absolute Gasteiger partial charge is 0.485 e. The number of fused-ring (bicyclic) bond motifs is 1. The van der Waals surface area contributed by atoms with Crippen LogP contribution in [0.15, 0.2) is 23.0 Å². The summed E-state index contributed by atoms with van der Waals surface area (Å²) in [7, 11) is 0. The number of rotatable bonds is 3. The highest BCUT2D eigenvalue weighted by molar-refractivity contribution is 5.38. The number of aromatic nitrogens is 2. The Labute approximate surface area is 123 Å². The van der Waals surface area contributed by atoms with Gasteiger partial charge in [-0.05, 0) is 31.0 Å². The van der Waals surface area contributed by atoms with Crippen molar-refractivity contribution in [3.05, 3.63) is 56.8 Å². The first-order valence-corrected chi connectivity index (χ1v) is 7.16. The number of aryl methyl sites for hydroxylation is 1. The molecule has 2 aromatic rings. The van der Waals surface area contributed by atoms with E-state index < -0.39 is 0 Å². The van der Waals surface area contributed by atoms with Gasteiger partial charge in [0.05, 0.1) is 11.3 Å². The average Bonchev–Trinajstić information content (AvgIpc) is 2.49. The van der Waals surface area contributed by atoms with E-state index in [1.807, 2.05) is 32.0 Å². The molecule has 5 nitrogen and oxygen atoms in total. The zero-order valence-electron chi connectivity index (χ0n) is 12.3. The van der Waals surface area contributed by atoms with Gasteiger partial charge in [0.2, 0.25) is 0 Å². The van der Waals surface area contributed by atoms with Crippen molar-refractivity contribution in [1.29, 1.82) is 0 Å². The monoisotopic (exact) mass is 285 g/mol. The van der Waals surface area contributed by atoms with Gasteiger partial charge in [0.15, 0.2) is 0 Å². The first kappa shape index (κ1) is 13.8. The smallest absolute Gasteiger partial charge is 0.255 e. The molecule has 1 aromatic heterocycles. The number of nitrogens with zero attached hydrogens (tertiary/aromatic N) is 1. The van der Waals surface area contributed by atoms with Crippen molar-refractivity contribution in [3.8, 4) is 5.75 Å². The number of aromatic amines is 1. The van der Waals surface area contributed by atoms with Crippen LogP contribution in [0.1, 0.15) is 28.2 Å². The normalized spacial score (nSPS) is 13.8. The van der Waals surface area contributed by atoms with Gasteiger partial charge in [-0.2, -0.15) is 0 Å². The van der Waals surface area contributed by atoms with Crippen molar-refractivity contribution >= 4 is 0 Å². The highest BCUT2D eigenvalue weighted by atomic mass is 16.5. The lowest BCUT2D eigenvalue weighted by Crippen LogP contribution is -2.32. The Morgan fingerprint density at radius 2 is 2.19 bits per heavy atom. The fraction of sp³-hybridized carbons (Fsp3) is 0.375. The first-order valence-electron chi connectivity index (χ1n) is 7.16. The molecule has 2 N–H and O–H groups in total. The van der Waals surface area contributed by atoms with Crippen LogP contribution in [0, 0.1) is 13.8 Å². The average molecular weight is 285 g/mol. The Kier molecular flexibility index (Phi) is 3.75. The summed E-state index contributed by atoms with van der Waals surface area (Å²) in [5, 5.41) is 3.18. The van der Waals surface area contributed by atoms with E-state index in [-0.39, 0.29) is 12.2 Å². The lowest BCUT2D eigenvalue weighted by molar-refractivity contribution is 0.292. The molecule has 0 saturated carbocycles. The van der Waals surface area contributed by atoms with Gasteiger partial charge >= 0.3 is 0 Å². The van der Waals surface area contributed by atoms with Crippen LogP contribution in [-0.2, 0) is 19.6 Å². The third kappa shape index (κ3) is 2.83. The van der Waals surface area contributed by atoms with E-state index in [0.29, 0.717) is 12.4 Å². The Morgan fingerprint density at radius 3 is 3.05 bits per heavy atom. The molecule has 0 bridgehead atoms. The Hall–Kier alpha value is -2.14. The van der Waals surface area contributed by atoms with Gasteiger partial charge < -0.3 is 15.0 Å². The van der Waals surface area contributed by atoms with Crippen LogP contribution in [0.25, 0.3) is 0 Å². The van der Waals surface area contributed by atoms with Crippen molar-refractivity contribution in [2.24, 2.45) is 0 Å². The van der Waals surface area contributed by atoms with Gasteiger partial charge in [-0.3, -0.25) is 4.79 Å². The summed E-state index contributed by atoms with van der Waals surface area (Å²) in [6.45, 7) is 5.81. The molecule has 0 amide bonds. The highest BCUT2D eigenvalue weighted by Crippen LogP contribution is 2.21. The van der Waals surface area contributed by atoms with E-state index in [1.54, 1.807) is 0 Å². The van der Waals surface area contributed by atoms with Crippen LogP contribution in [0.5, 0.6) is 5.75 Å². The lowest BCUT2D eigenvalue weighted by Gasteiger charge is -2.16. The first-order chi connectivity index (χ1) is 10.1. The summed E-state index contributed by atoms with van der Waals surface area (Å²) in [6, 6.07) is 5.95. The molecule has 1 aliphatic heterocycles. The molecule has 0 spiro atoms. The van der Waals surface area contributed by atoms with Gasteiger partial charge in [-0.15, -0.1) is 0 Å². The number of nitrogens with one attached hydrogen (secondary N) is 2. The van der Waals surface area contributed by atoms with Crippen LogP contribution in [0.3, 0.4) is 0 Å². The molecule has 5 heteroatoms. The van der Waals surface area contributed by atoms with E-state index >= 15 is 0 Å². The number of ether oxygens (including phenoxy) is 1. The zero-order valence-corrected chi connectivity index (χ0v) is 12.3. The minimum atomic E-state index is -0.0632. The number of hydrogen-bond acceptors (Lipinski definition) is 4. The standard InChI is InChI=1S/C16H19N3O2/c1-10-4-3-5-14(11(10)2)21-9-15-18-13-6-7-17-8-12(13)16(20)19-15/h3-5,17H,6-9H2,1-2H3,(H,18,19,20). The van der Waals surface area contributed by atoms with E-state index in [9.17, 15) is 4.79 Å². The maximum atomic E-state index is 12.0. The Morgan fingerprint density at radius 1 is 1.33 bits per heavy atom. The summed E-state index contributed by atoms with van der Waals surface area (Å²) < 4.78 is 5.80. The van der Waals surface area contributed by atoms with Crippen LogP contribution in [-0.4, -0.2) is 16.5 Å². The van der Waals surface area contributed by atoms with Gasteiger partial charge in [0, 0.05) is 19.5 Å². The lowest BCUT2D eigenvalue weighted by atomic mass is 10.1. The summed E-state index contributed by atoms with van der Waals surface area (Å²) in [6.07, 6.45) is 0.787. The van der Waals surface area contributed by atoms with Crippen molar-refractivity contribution in [2.45, 2.75) is 33.4 Å². The third-order valence-corrected chi connectivity index (χ3v) is 3.91. The van der Waals surface area contributed by atoms with Crippen LogP contribution < -0.4 is 15.6 Å². The second kappa shape index (κ2) is 5.69. The van der Waals surface area contributed by atoms with E-state index in [4.69, 9.17) is 4.74 Å². The molecule has 1 aliphatic rings. The molecule has 21 heavy (non-hydrogen) atoms. The molecule has 0 atom stereocenters. The molecule has 3 rings (SSSR count). The van der Waals surface area contributed by atoms with E-state index in [1.165, 1.54) is 5.56 Å². The molecule has 2 heterocycles. The molecule has 0 unspecified atom stereocenters. The predicted molar refractivity (Wildman–Crippen MR) is 80.5 cm³/mol. The Balaban J connectivity index is 1.81. The van der Waals surface area contributed by atoms with Gasteiger partial charge in [-0.25, -0.2) is 4.98 Å². The highest BCUT2D eigenvalue weighted by Gasteiger charge is 2.15. The van der Waals surface area contributed by atoms with Crippen molar-refractivity contribution in [3.63, 3.8) is 0 Å². The van der Waals surface area contributed by atoms with Crippen molar-refractivity contribution in [1.82, 2.24) is 15.3 Å². The molecule has 1 aromatic carbocycles. The maximum absolute atomic E-state index is 12.0. The molecule has 0 fully saturated rings. The van der Waals surface area contributed by atoms with Gasteiger partial charge in [0.1, 0.15) is 18.2 Å². The zero-order chi connectivity index (χ0) is 14.8. The minimum Gasteiger partial charge on any atom is -0.485 e. The summed E-state index contributed by atoms with van der Waals surface area (Å²) in [5.41, 5.74) is 3.87. The van der Waals surface area contributed by atoms with Gasteiger partial charge in [0.25, 0.3) is 5.56 Å². The van der Waals surface area contributed by atoms with Crippen molar-refractivity contribution in [2.75, 3.05) is 6.54 Å². The minimum absolute atomic E-state index is 0.0632. The van der Waals surface area contributed by atoms with Crippen LogP contribution in [0.4, 0.5) is 0 Å². The number of benzene rings is 1. The quantitative estimate of drug-likeness (QED) is 0.899. The maximum Gasteiger partial charge on any atom is 0.255 e. The molecule has 0 radical (unpaired) electrons. The fourth-order valence-corrected chi connectivity index (χ4v) is 2.50. The molecule has 0 saturated heterocycles. The second-order valence-corrected chi connectivity index (χ2v) is 5.35. The predicted octanol–water partition coefficient (Wildman–Crippen LogP) is 1.61. The summed E-state index contributed by atoms with van der Waals surface area (Å²) in [5.74, 6) is 1.42. The Bertz CT molecular complexity index is 722. The molecule has 0 aliphatic carbocycles. The second-order valence-electron chi connectivity index (χ2n) is 5.35. The molecular formula is C16H19N3O2. The summed E-state index contributed by atoms with van der Waals surface area (Å²) in [4.78, 5) is 19.4. The van der Waals surface area contributed by atoms with E-state index in [2.05, 4.69) is 15.3 Å². The fourth-order valence-electron chi connectivity index (χ4n) is 2.50. The van der Waals surface area contributed by atoms with Crippen molar-refractivity contribution < 1.29 is 4.74 Å². The topological polar surface area (TPSA) is 67.0 Å². The van der Waals surface area contributed by atoms with Gasteiger partial charge in [-0.1, -0.05) is 12.1 Å². The third-order valence-electron chi connectivity index (χ3n) is 3.91.